The van der Waals surface area contributed by atoms with Crippen LogP contribution in [-0.4, -0.2) is 11.6 Å². The van der Waals surface area contributed by atoms with Gasteiger partial charge in [-0.15, -0.1) is 0 Å². The molecule has 6 heteroatoms. The average Bonchev–Trinajstić information content (AvgIpc) is 2.70. The molecule has 4 nitrogen and oxygen atoms in total. The molecule has 0 bridgehead atoms. The van der Waals surface area contributed by atoms with Crippen LogP contribution in [0.15, 0.2) is 60.8 Å². The largest absolute Gasteiger partial charge is 0.490 e. The summed E-state index contributed by atoms with van der Waals surface area (Å²) in [4.78, 5) is 4.30. The number of nitrogens with one attached hydrogen (secondary N) is 1. The molecule has 0 amide bonds. The highest BCUT2D eigenvalue weighted by atomic mass is 35.5. The van der Waals surface area contributed by atoms with Crippen molar-refractivity contribution < 1.29 is 9.47 Å². The summed E-state index contributed by atoms with van der Waals surface area (Å²) in [5.74, 6) is 1.28. The fourth-order valence-electron chi connectivity index (χ4n) is 2.71. The highest BCUT2D eigenvalue weighted by molar-refractivity contribution is 6.31. The van der Waals surface area contributed by atoms with Crippen LogP contribution in [0.4, 0.5) is 0 Å². The van der Waals surface area contributed by atoms with Gasteiger partial charge >= 0.3 is 0 Å². The van der Waals surface area contributed by atoms with Crippen molar-refractivity contribution in [2.24, 2.45) is 0 Å². The fraction of sp³-hybridized carbons (Fsp3) is 0.227. The Hall–Kier alpha value is -2.27. The predicted molar refractivity (Wildman–Crippen MR) is 113 cm³/mol. The smallest absolute Gasteiger partial charge is 0.163 e. The summed E-state index contributed by atoms with van der Waals surface area (Å²) in [5.41, 5.74) is 2.90. The first-order valence-electron chi connectivity index (χ1n) is 9.08. The van der Waals surface area contributed by atoms with Crippen molar-refractivity contribution in [2.75, 3.05) is 6.61 Å². The van der Waals surface area contributed by atoms with Crippen molar-refractivity contribution in [2.45, 2.75) is 26.6 Å². The molecule has 1 aromatic heterocycles. The summed E-state index contributed by atoms with van der Waals surface area (Å²) >= 11 is 12.5. The first kappa shape index (κ1) is 20.5. The molecule has 146 valence electrons. The minimum absolute atomic E-state index is 0.383. The zero-order chi connectivity index (χ0) is 19.8. The number of pyridine rings is 1. The van der Waals surface area contributed by atoms with E-state index < -0.39 is 0 Å². The molecule has 0 aliphatic carbocycles. The quantitative estimate of drug-likeness (QED) is 0.488. The van der Waals surface area contributed by atoms with E-state index in [-0.39, 0.29) is 0 Å². The van der Waals surface area contributed by atoms with Crippen molar-refractivity contribution in [3.05, 3.63) is 87.7 Å². The number of benzene rings is 2. The molecule has 0 atom stereocenters. The molecular formula is C22H22Cl2N2O2. The highest BCUT2D eigenvalue weighted by Gasteiger charge is 2.12. The lowest BCUT2D eigenvalue weighted by molar-refractivity contribution is 0.269. The number of ether oxygens (including phenoxy) is 2. The zero-order valence-electron chi connectivity index (χ0n) is 15.6. The number of rotatable bonds is 9. The van der Waals surface area contributed by atoms with E-state index >= 15 is 0 Å². The maximum absolute atomic E-state index is 6.48. The third-order valence-electron chi connectivity index (χ3n) is 4.04. The lowest BCUT2D eigenvalue weighted by atomic mass is 10.2. The van der Waals surface area contributed by atoms with Gasteiger partial charge in [0.1, 0.15) is 6.61 Å². The number of hydrogen-bond acceptors (Lipinski definition) is 4. The third kappa shape index (κ3) is 5.86. The molecule has 3 rings (SSSR count). The molecule has 1 N–H and O–H groups in total. The molecule has 0 unspecified atom stereocenters. The van der Waals surface area contributed by atoms with E-state index in [2.05, 4.69) is 10.3 Å². The number of aromatic nitrogens is 1. The Balaban J connectivity index is 1.68. The van der Waals surface area contributed by atoms with Gasteiger partial charge in [-0.2, -0.15) is 0 Å². The fourth-order valence-corrected chi connectivity index (χ4v) is 3.14. The van der Waals surface area contributed by atoms with Gasteiger partial charge < -0.3 is 14.8 Å². The van der Waals surface area contributed by atoms with Crippen molar-refractivity contribution in [1.29, 1.82) is 0 Å². The van der Waals surface area contributed by atoms with Gasteiger partial charge in [-0.25, -0.2) is 0 Å². The topological polar surface area (TPSA) is 43.4 Å². The maximum Gasteiger partial charge on any atom is 0.163 e. The van der Waals surface area contributed by atoms with Crippen molar-refractivity contribution in [1.82, 2.24) is 10.3 Å². The Labute approximate surface area is 175 Å². The van der Waals surface area contributed by atoms with Gasteiger partial charge in [0.25, 0.3) is 0 Å². The molecule has 0 aliphatic rings. The Morgan fingerprint density at radius 1 is 0.929 bits per heavy atom. The SMILES string of the molecule is CCOc1cc(CNCc2ccccn2)c(Cl)cc1OCc1cccc(Cl)c1. The molecule has 0 fully saturated rings. The van der Waals surface area contributed by atoms with Crippen LogP contribution in [0, 0.1) is 0 Å². The van der Waals surface area contributed by atoms with Gasteiger partial charge in [0.05, 0.1) is 12.3 Å². The average molecular weight is 417 g/mol. The van der Waals surface area contributed by atoms with E-state index in [1.54, 1.807) is 12.3 Å². The van der Waals surface area contributed by atoms with E-state index in [0.29, 0.717) is 47.8 Å². The summed E-state index contributed by atoms with van der Waals surface area (Å²) in [6.07, 6.45) is 1.78. The molecule has 0 spiro atoms. The first-order chi connectivity index (χ1) is 13.7. The Kier molecular flexibility index (Phi) is 7.54. The van der Waals surface area contributed by atoms with Crippen molar-refractivity contribution >= 4 is 23.2 Å². The molecular weight excluding hydrogens is 395 g/mol. The second-order valence-corrected chi connectivity index (χ2v) is 7.01. The second kappa shape index (κ2) is 10.3. The van der Waals surface area contributed by atoms with E-state index in [4.69, 9.17) is 32.7 Å². The monoisotopic (exact) mass is 416 g/mol. The van der Waals surface area contributed by atoms with Crippen molar-refractivity contribution in [3.63, 3.8) is 0 Å². The van der Waals surface area contributed by atoms with Crippen LogP contribution in [0.3, 0.4) is 0 Å². The van der Waals surface area contributed by atoms with E-state index in [9.17, 15) is 0 Å². The summed E-state index contributed by atoms with van der Waals surface area (Å²) in [6.45, 7) is 4.12. The minimum atomic E-state index is 0.383. The standard InChI is InChI=1S/C22H22Cl2N2O2/c1-2-27-21-11-17(13-25-14-19-8-3-4-9-26-19)20(24)12-22(21)28-15-16-6-5-7-18(23)10-16/h3-12,25H,2,13-15H2,1H3. The van der Waals surface area contributed by atoms with Gasteiger partial charge in [-0.3, -0.25) is 4.98 Å². The van der Waals surface area contributed by atoms with Crippen LogP contribution < -0.4 is 14.8 Å². The van der Waals surface area contributed by atoms with Gasteiger partial charge in [-0.1, -0.05) is 41.4 Å². The van der Waals surface area contributed by atoms with Crippen LogP contribution in [0.5, 0.6) is 11.5 Å². The summed E-state index contributed by atoms with van der Waals surface area (Å²) in [7, 11) is 0. The van der Waals surface area contributed by atoms with Crippen LogP contribution in [0.2, 0.25) is 10.0 Å². The highest BCUT2D eigenvalue weighted by Crippen LogP contribution is 2.34. The second-order valence-electron chi connectivity index (χ2n) is 6.17. The summed E-state index contributed by atoms with van der Waals surface area (Å²) < 4.78 is 11.7. The third-order valence-corrected chi connectivity index (χ3v) is 4.63. The molecule has 28 heavy (non-hydrogen) atoms. The first-order valence-corrected chi connectivity index (χ1v) is 9.84. The van der Waals surface area contributed by atoms with E-state index in [1.807, 2.05) is 55.5 Å². The summed E-state index contributed by atoms with van der Waals surface area (Å²) in [5, 5.41) is 4.66. The Bertz CT molecular complexity index is 904. The lowest BCUT2D eigenvalue weighted by Crippen LogP contribution is -2.14. The minimum Gasteiger partial charge on any atom is -0.490 e. The number of halogens is 2. The van der Waals surface area contributed by atoms with E-state index in [1.165, 1.54) is 0 Å². The zero-order valence-corrected chi connectivity index (χ0v) is 17.1. The molecule has 0 radical (unpaired) electrons. The van der Waals surface area contributed by atoms with Gasteiger partial charge in [0.15, 0.2) is 11.5 Å². The van der Waals surface area contributed by atoms with Gasteiger partial charge in [-0.05, 0) is 48.4 Å². The molecule has 0 saturated carbocycles. The van der Waals surface area contributed by atoms with Crippen LogP contribution in [0.25, 0.3) is 0 Å². The molecule has 2 aromatic carbocycles. The molecule has 3 aromatic rings. The van der Waals surface area contributed by atoms with Crippen molar-refractivity contribution in [3.8, 4) is 11.5 Å². The van der Waals surface area contributed by atoms with Crippen LogP contribution in [-0.2, 0) is 19.7 Å². The van der Waals surface area contributed by atoms with Crippen LogP contribution in [0.1, 0.15) is 23.7 Å². The normalized spacial score (nSPS) is 10.7. The van der Waals surface area contributed by atoms with Gasteiger partial charge in [0, 0.05) is 35.4 Å². The summed E-state index contributed by atoms with van der Waals surface area (Å²) in [6, 6.07) is 17.1. The van der Waals surface area contributed by atoms with E-state index in [0.717, 1.165) is 16.8 Å². The Morgan fingerprint density at radius 3 is 2.54 bits per heavy atom. The maximum atomic E-state index is 6.48. The van der Waals surface area contributed by atoms with Gasteiger partial charge in [0.2, 0.25) is 0 Å². The predicted octanol–water partition coefficient (Wildman–Crippen LogP) is 5.66. The lowest BCUT2D eigenvalue weighted by Gasteiger charge is -2.15. The van der Waals surface area contributed by atoms with Crippen LogP contribution >= 0.6 is 23.2 Å². The Morgan fingerprint density at radius 2 is 1.79 bits per heavy atom. The molecule has 0 saturated heterocycles. The number of hydrogen-bond donors (Lipinski definition) is 1. The molecule has 1 heterocycles. The molecule has 0 aliphatic heterocycles. The number of nitrogens with zero attached hydrogens (tertiary/aromatic N) is 1.